The molecular formula is C10H10N4O3S. The molecular weight excluding hydrogens is 256 g/mol. The lowest BCUT2D eigenvalue weighted by Crippen LogP contribution is -1.94. The first kappa shape index (κ1) is 12.2. The lowest BCUT2D eigenvalue weighted by molar-refractivity contribution is -0.384. The number of ether oxygens (including phenoxy) is 1. The zero-order valence-corrected chi connectivity index (χ0v) is 10.5. The van der Waals surface area contributed by atoms with E-state index in [2.05, 4.69) is 10.1 Å². The molecule has 0 bridgehead atoms. The second-order valence-electron chi connectivity index (χ2n) is 3.56. The first-order valence-corrected chi connectivity index (χ1v) is 5.39. The Morgan fingerprint density at radius 1 is 1.56 bits per heavy atom. The van der Waals surface area contributed by atoms with Crippen molar-refractivity contribution in [2.75, 3.05) is 7.11 Å². The molecule has 18 heavy (non-hydrogen) atoms. The molecule has 0 saturated heterocycles. The van der Waals surface area contributed by atoms with E-state index in [1.807, 2.05) is 0 Å². The predicted octanol–water partition coefficient (Wildman–Crippen LogP) is 2.06. The summed E-state index contributed by atoms with van der Waals surface area (Å²) >= 11 is 4.99. The van der Waals surface area contributed by atoms with Gasteiger partial charge in [-0.15, -0.1) is 0 Å². The van der Waals surface area contributed by atoms with Crippen LogP contribution in [-0.2, 0) is 7.05 Å². The highest BCUT2D eigenvalue weighted by Crippen LogP contribution is 2.31. The lowest BCUT2D eigenvalue weighted by atomic mass is 10.1. The number of methoxy groups -OCH3 is 1. The molecule has 0 amide bonds. The van der Waals surface area contributed by atoms with Gasteiger partial charge in [0.2, 0.25) is 4.77 Å². The van der Waals surface area contributed by atoms with E-state index in [-0.39, 0.29) is 5.69 Å². The molecule has 1 aromatic carbocycles. The summed E-state index contributed by atoms with van der Waals surface area (Å²) in [6.07, 6.45) is 0. The van der Waals surface area contributed by atoms with E-state index in [4.69, 9.17) is 17.0 Å². The number of rotatable bonds is 3. The van der Waals surface area contributed by atoms with Crippen LogP contribution in [0.15, 0.2) is 18.2 Å². The van der Waals surface area contributed by atoms with Crippen LogP contribution in [0.1, 0.15) is 0 Å². The fraction of sp³-hybridized carbons (Fsp3) is 0.200. The number of nitrogens with zero attached hydrogens (tertiary/aromatic N) is 3. The van der Waals surface area contributed by atoms with E-state index >= 15 is 0 Å². The summed E-state index contributed by atoms with van der Waals surface area (Å²) in [5.41, 5.74) is 0.583. The number of hydrogen-bond donors (Lipinski definition) is 1. The Balaban J connectivity index is 2.57. The Morgan fingerprint density at radius 3 is 2.78 bits per heavy atom. The number of hydrogen-bond acceptors (Lipinski definition) is 5. The second-order valence-corrected chi connectivity index (χ2v) is 3.92. The van der Waals surface area contributed by atoms with Crippen molar-refractivity contribution in [3.63, 3.8) is 0 Å². The van der Waals surface area contributed by atoms with Gasteiger partial charge in [0, 0.05) is 13.1 Å². The van der Waals surface area contributed by atoms with Gasteiger partial charge < -0.3 is 4.74 Å². The third-order valence-electron chi connectivity index (χ3n) is 2.42. The molecule has 2 rings (SSSR count). The molecule has 8 heteroatoms. The minimum absolute atomic E-state index is 0.0369. The molecule has 0 aliphatic carbocycles. The SMILES string of the molecule is COc1cc([N+](=O)[O-])ccc1-c1nc(=S)n(C)[nH]1. The summed E-state index contributed by atoms with van der Waals surface area (Å²) in [6, 6.07) is 4.31. The number of non-ortho nitro benzene ring substituents is 1. The molecule has 0 fully saturated rings. The van der Waals surface area contributed by atoms with Gasteiger partial charge >= 0.3 is 0 Å². The number of benzene rings is 1. The normalized spacial score (nSPS) is 10.3. The van der Waals surface area contributed by atoms with E-state index < -0.39 is 4.92 Å². The molecule has 0 aliphatic rings. The van der Waals surface area contributed by atoms with Gasteiger partial charge in [-0.2, -0.15) is 4.98 Å². The third kappa shape index (κ3) is 2.09. The highest BCUT2D eigenvalue weighted by atomic mass is 32.1. The third-order valence-corrected chi connectivity index (χ3v) is 2.78. The topological polar surface area (TPSA) is 86.0 Å². The Hall–Kier alpha value is -2.22. The van der Waals surface area contributed by atoms with Gasteiger partial charge in [-0.25, -0.2) is 0 Å². The minimum Gasteiger partial charge on any atom is -0.496 e. The molecule has 1 N–H and O–H groups in total. The van der Waals surface area contributed by atoms with Crippen LogP contribution in [0.2, 0.25) is 0 Å². The molecule has 0 radical (unpaired) electrons. The van der Waals surface area contributed by atoms with Crippen LogP contribution in [-0.4, -0.2) is 26.8 Å². The first-order chi connectivity index (χ1) is 8.52. The van der Waals surface area contributed by atoms with E-state index in [1.165, 1.54) is 19.2 Å². The van der Waals surface area contributed by atoms with Crippen molar-refractivity contribution < 1.29 is 9.66 Å². The average Bonchev–Trinajstić information content (AvgIpc) is 2.68. The Labute approximate surface area is 107 Å². The summed E-state index contributed by atoms with van der Waals surface area (Å²) < 4.78 is 7.10. The predicted molar refractivity (Wildman–Crippen MR) is 67.0 cm³/mol. The van der Waals surface area contributed by atoms with Crippen LogP contribution in [0.25, 0.3) is 11.4 Å². The van der Waals surface area contributed by atoms with Gasteiger partial charge in [-0.05, 0) is 18.3 Å². The maximum atomic E-state index is 10.7. The number of H-pyrrole nitrogens is 1. The van der Waals surface area contributed by atoms with Crippen LogP contribution >= 0.6 is 12.2 Å². The summed E-state index contributed by atoms with van der Waals surface area (Å²) in [5.74, 6) is 0.878. The van der Waals surface area contributed by atoms with Crippen molar-refractivity contribution in [2.24, 2.45) is 7.05 Å². The molecule has 1 heterocycles. The van der Waals surface area contributed by atoms with Gasteiger partial charge in [0.05, 0.1) is 23.7 Å². The Bertz CT molecular complexity index is 661. The fourth-order valence-corrected chi connectivity index (χ4v) is 1.65. The zero-order valence-electron chi connectivity index (χ0n) is 9.71. The van der Waals surface area contributed by atoms with Crippen LogP contribution in [0.3, 0.4) is 0 Å². The average molecular weight is 266 g/mol. The summed E-state index contributed by atoms with van der Waals surface area (Å²) in [4.78, 5) is 14.3. The molecule has 0 unspecified atom stereocenters. The van der Waals surface area contributed by atoms with Gasteiger partial charge in [0.15, 0.2) is 5.82 Å². The number of aromatic amines is 1. The summed E-state index contributed by atoms with van der Waals surface area (Å²) in [5, 5.41) is 13.6. The molecule has 94 valence electrons. The van der Waals surface area contributed by atoms with Crippen molar-refractivity contribution in [1.82, 2.24) is 14.8 Å². The van der Waals surface area contributed by atoms with Crippen molar-refractivity contribution in [2.45, 2.75) is 0 Å². The van der Waals surface area contributed by atoms with Crippen molar-refractivity contribution in [3.8, 4) is 17.1 Å². The monoisotopic (exact) mass is 266 g/mol. The Morgan fingerprint density at radius 2 is 2.28 bits per heavy atom. The zero-order chi connectivity index (χ0) is 13.3. The largest absolute Gasteiger partial charge is 0.496 e. The van der Waals surface area contributed by atoms with E-state index in [9.17, 15) is 10.1 Å². The van der Waals surface area contributed by atoms with E-state index in [0.717, 1.165) is 0 Å². The second kappa shape index (κ2) is 4.57. The van der Waals surface area contributed by atoms with Crippen LogP contribution in [0.5, 0.6) is 5.75 Å². The molecule has 1 aromatic heterocycles. The maximum absolute atomic E-state index is 10.7. The fourth-order valence-electron chi connectivity index (χ4n) is 1.51. The molecule has 0 spiro atoms. The molecule has 0 saturated carbocycles. The highest BCUT2D eigenvalue weighted by molar-refractivity contribution is 7.71. The van der Waals surface area contributed by atoms with Crippen LogP contribution in [0.4, 0.5) is 5.69 Å². The van der Waals surface area contributed by atoms with E-state index in [0.29, 0.717) is 21.9 Å². The quantitative estimate of drug-likeness (QED) is 0.522. The first-order valence-electron chi connectivity index (χ1n) is 4.98. The molecule has 0 aliphatic heterocycles. The highest BCUT2D eigenvalue weighted by Gasteiger charge is 2.14. The van der Waals surface area contributed by atoms with Crippen molar-refractivity contribution >= 4 is 17.9 Å². The standard InChI is InChI=1S/C10H10N4O3S/c1-13-10(18)11-9(12-13)7-4-3-6(14(15)16)5-8(7)17-2/h3-5H,1-2H3,(H,11,12,18). The molecule has 7 nitrogen and oxygen atoms in total. The number of aromatic nitrogens is 3. The molecule has 0 atom stereocenters. The summed E-state index contributed by atoms with van der Waals surface area (Å²) in [6.45, 7) is 0. The minimum atomic E-state index is -0.479. The molecule has 2 aromatic rings. The van der Waals surface area contributed by atoms with Crippen molar-refractivity contribution in [1.29, 1.82) is 0 Å². The van der Waals surface area contributed by atoms with Crippen LogP contribution < -0.4 is 4.74 Å². The van der Waals surface area contributed by atoms with Gasteiger partial charge in [-0.3, -0.25) is 19.9 Å². The van der Waals surface area contributed by atoms with Crippen LogP contribution in [0, 0.1) is 14.9 Å². The van der Waals surface area contributed by atoms with Gasteiger partial charge in [0.1, 0.15) is 5.75 Å². The number of aryl methyl sites for hydroxylation is 1. The number of nitrogens with one attached hydrogen (secondary N) is 1. The number of nitro groups is 1. The number of nitro benzene ring substituents is 1. The maximum Gasteiger partial charge on any atom is 0.273 e. The van der Waals surface area contributed by atoms with Crippen molar-refractivity contribution in [3.05, 3.63) is 33.1 Å². The van der Waals surface area contributed by atoms with E-state index in [1.54, 1.807) is 17.8 Å². The van der Waals surface area contributed by atoms with Gasteiger partial charge in [-0.1, -0.05) is 0 Å². The summed E-state index contributed by atoms with van der Waals surface area (Å²) in [7, 11) is 3.18. The van der Waals surface area contributed by atoms with Gasteiger partial charge in [0.25, 0.3) is 5.69 Å². The lowest BCUT2D eigenvalue weighted by Gasteiger charge is -2.05. The smallest absolute Gasteiger partial charge is 0.273 e. The Kier molecular flexibility index (Phi) is 3.11.